The molecule has 2 aliphatic rings. The van der Waals surface area contributed by atoms with E-state index >= 15 is 0 Å². The minimum Gasteiger partial charge on any atom is -0.370 e. The lowest BCUT2D eigenvalue weighted by Gasteiger charge is -2.63. The van der Waals surface area contributed by atoms with Gasteiger partial charge in [0, 0.05) is 5.57 Å². The summed E-state index contributed by atoms with van der Waals surface area (Å²) in [6.07, 6.45) is 1.33. The van der Waals surface area contributed by atoms with E-state index in [4.69, 9.17) is 104 Å². The van der Waals surface area contributed by atoms with Crippen molar-refractivity contribution in [3.63, 3.8) is 0 Å². The molecule has 0 saturated heterocycles. The van der Waals surface area contributed by atoms with Crippen molar-refractivity contribution >= 4 is 110 Å². The summed E-state index contributed by atoms with van der Waals surface area (Å²) in [5.74, 6) is 0. The van der Waals surface area contributed by atoms with Gasteiger partial charge in [0.05, 0.1) is 0 Å². The van der Waals surface area contributed by atoms with E-state index in [0.29, 0.717) is 5.56 Å². The molecular weight excluding hydrogens is 519 g/mol. The number of benzene rings is 1. The summed E-state index contributed by atoms with van der Waals surface area (Å²) < 4.78 is -7.41. The van der Waals surface area contributed by atoms with Crippen LogP contribution in [-0.4, -0.2) is 33.9 Å². The molecule has 0 bridgehead atoms. The largest absolute Gasteiger partial charge is 0.370 e. The van der Waals surface area contributed by atoms with E-state index in [2.05, 4.69) is 0 Å². The molecule has 3 rings (SSSR count). The van der Waals surface area contributed by atoms with E-state index in [1.165, 1.54) is 6.08 Å². The molecule has 0 radical (unpaired) electrons. The molecule has 2 N–H and O–H groups in total. The molecule has 25 heavy (non-hydrogen) atoms. The van der Waals surface area contributed by atoms with Gasteiger partial charge >= 0.3 is 0 Å². The molecule has 0 spiro atoms. The molecule has 0 heterocycles. The normalized spacial score (nSPS) is 40.7. The number of halogens is 9. The molecule has 3 atom stereocenters. The van der Waals surface area contributed by atoms with Crippen LogP contribution in [0.15, 0.2) is 29.8 Å². The van der Waals surface area contributed by atoms with Gasteiger partial charge in [-0.2, -0.15) is 0 Å². The van der Waals surface area contributed by atoms with E-state index in [1.807, 2.05) is 0 Å². The van der Waals surface area contributed by atoms with Crippen LogP contribution in [0.25, 0.3) is 6.08 Å². The van der Waals surface area contributed by atoms with E-state index in [-0.39, 0.29) is 11.1 Å². The second-order valence-electron chi connectivity index (χ2n) is 5.77. The Balaban J connectivity index is 2.49. The molecule has 2 aliphatic carbocycles. The van der Waals surface area contributed by atoms with Crippen LogP contribution in [-0.2, 0) is 4.33 Å². The van der Waals surface area contributed by atoms with Crippen LogP contribution in [0, 0.1) is 0 Å². The van der Waals surface area contributed by atoms with Gasteiger partial charge in [-0.25, -0.2) is 0 Å². The first-order valence-corrected chi connectivity index (χ1v) is 9.95. The predicted molar refractivity (Wildman–Crippen MR) is 107 cm³/mol. The average molecular weight is 526 g/mol. The second kappa shape index (κ2) is 5.77. The van der Waals surface area contributed by atoms with Crippen LogP contribution in [0.2, 0.25) is 0 Å². The van der Waals surface area contributed by atoms with E-state index in [9.17, 15) is 10.2 Å². The molecule has 3 unspecified atom stereocenters. The molecule has 2 nitrogen and oxygen atoms in total. The number of alkyl halides is 9. The Morgan fingerprint density at radius 3 is 1.80 bits per heavy atom. The van der Waals surface area contributed by atoms with Crippen molar-refractivity contribution in [2.45, 2.75) is 28.0 Å². The highest BCUT2D eigenvalue weighted by Crippen LogP contribution is 2.75. The van der Waals surface area contributed by atoms with Crippen molar-refractivity contribution in [1.82, 2.24) is 0 Å². The molecule has 138 valence electrons. The summed E-state index contributed by atoms with van der Waals surface area (Å²) in [5.41, 5.74) is 0.377. The highest BCUT2D eigenvalue weighted by Gasteiger charge is 2.85. The minimum atomic E-state index is -2.85. The summed E-state index contributed by atoms with van der Waals surface area (Å²) in [7, 11) is 0. The van der Waals surface area contributed by atoms with Crippen LogP contribution in [0.1, 0.15) is 11.1 Å². The first kappa shape index (κ1) is 21.2. The van der Waals surface area contributed by atoms with Crippen molar-refractivity contribution in [2.75, 3.05) is 0 Å². The van der Waals surface area contributed by atoms with Gasteiger partial charge in [0.2, 0.25) is 9.39 Å². The third-order valence-corrected chi connectivity index (χ3v) is 10.5. The Kier molecular flexibility index (Phi) is 4.89. The average Bonchev–Trinajstić information content (AvgIpc) is 2.49. The maximum atomic E-state index is 11.0. The summed E-state index contributed by atoms with van der Waals surface area (Å²) in [6.45, 7) is 0. The number of hydrogen-bond donors (Lipinski definition) is 2. The fraction of sp³-hybridized carbons (Fsp3) is 0.429. The fourth-order valence-corrected chi connectivity index (χ4v) is 6.48. The highest BCUT2D eigenvalue weighted by atomic mass is 35.5. The molecule has 1 fully saturated rings. The molecule has 11 heteroatoms. The topological polar surface area (TPSA) is 40.5 Å². The van der Waals surface area contributed by atoms with Gasteiger partial charge in [-0.05, 0) is 17.2 Å². The van der Waals surface area contributed by atoms with Crippen molar-refractivity contribution in [2.24, 2.45) is 0 Å². The predicted octanol–water partition coefficient (Wildman–Crippen LogP) is 5.91. The van der Waals surface area contributed by atoms with Crippen LogP contribution in [0.4, 0.5) is 0 Å². The summed E-state index contributed by atoms with van der Waals surface area (Å²) in [4.78, 5) is -2.40. The first-order chi connectivity index (χ1) is 11.1. The molecule has 0 aliphatic heterocycles. The third-order valence-electron chi connectivity index (χ3n) is 4.44. The lowest BCUT2D eigenvalue weighted by atomic mass is 9.69. The summed E-state index contributed by atoms with van der Waals surface area (Å²) in [6, 6.07) is 6.51. The van der Waals surface area contributed by atoms with Gasteiger partial charge in [-0.15, -0.1) is 11.6 Å². The zero-order chi connectivity index (χ0) is 19.3. The smallest absolute Gasteiger partial charge is 0.201 e. The van der Waals surface area contributed by atoms with Gasteiger partial charge in [-0.3, -0.25) is 0 Å². The Morgan fingerprint density at radius 2 is 1.24 bits per heavy atom. The van der Waals surface area contributed by atoms with Gasteiger partial charge < -0.3 is 10.2 Å². The van der Waals surface area contributed by atoms with Crippen LogP contribution in [0.5, 0.6) is 0 Å². The molecule has 1 aromatic rings. The zero-order valence-corrected chi connectivity index (χ0v) is 18.5. The Labute approximate surface area is 188 Å². The van der Waals surface area contributed by atoms with Crippen LogP contribution in [0.3, 0.4) is 0 Å². The third kappa shape index (κ3) is 2.23. The SMILES string of the molecule is OC1(Cl)C2=Cc3ccccc3C(Cl)(Cl)C2(Cl)C(O)(Cl)C(Cl)(Cl)C1(Cl)Cl. The van der Waals surface area contributed by atoms with Gasteiger partial charge in [-0.1, -0.05) is 117 Å². The Morgan fingerprint density at radius 1 is 0.720 bits per heavy atom. The second-order valence-corrected chi connectivity index (χ2v) is 11.4. The quantitative estimate of drug-likeness (QED) is 0.413. The maximum Gasteiger partial charge on any atom is 0.201 e. The van der Waals surface area contributed by atoms with E-state index in [0.717, 1.165) is 0 Å². The summed E-state index contributed by atoms with van der Waals surface area (Å²) >= 11 is 56.7. The van der Waals surface area contributed by atoms with E-state index < -0.39 is 28.0 Å². The lowest BCUT2D eigenvalue weighted by molar-refractivity contribution is -0.00524. The first-order valence-electron chi connectivity index (χ1n) is 6.55. The number of rotatable bonds is 0. The lowest BCUT2D eigenvalue weighted by Crippen LogP contribution is -2.79. The molecule has 1 aromatic carbocycles. The molecular formula is C14H7Cl9O2. The zero-order valence-electron chi connectivity index (χ0n) is 11.7. The number of hydrogen-bond acceptors (Lipinski definition) is 2. The van der Waals surface area contributed by atoms with E-state index in [1.54, 1.807) is 24.3 Å². The summed E-state index contributed by atoms with van der Waals surface area (Å²) in [5, 5.41) is 16.4. The van der Waals surface area contributed by atoms with Crippen molar-refractivity contribution in [3.8, 4) is 0 Å². The number of fused-ring (bicyclic) bond motifs is 2. The van der Waals surface area contributed by atoms with Gasteiger partial charge in [0.15, 0.2) is 18.6 Å². The monoisotopic (exact) mass is 522 g/mol. The maximum absolute atomic E-state index is 11.0. The van der Waals surface area contributed by atoms with Crippen molar-refractivity contribution < 1.29 is 10.2 Å². The van der Waals surface area contributed by atoms with Crippen molar-refractivity contribution in [3.05, 3.63) is 41.0 Å². The van der Waals surface area contributed by atoms with Gasteiger partial charge in [0.1, 0.15) is 0 Å². The van der Waals surface area contributed by atoms with Gasteiger partial charge in [0.25, 0.3) is 0 Å². The van der Waals surface area contributed by atoms with Crippen LogP contribution >= 0.6 is 104 Å². The van der Waals surface area contributed by atoms with Crippen LogP contribution < -0.4 is 0 Å². The Bertz CT molecular complexity index is 784. The highest BCUT2D eigenvalue weighted by molar-refractivity contribution is 6.70. The van der Waals surface area contributed by atoms with Crippen molar-refractivity contribution in [1.29, 1.82) is 0 Å². The molecule has 0 amide bonds. The number of aliphatic hydroxyl groups is 2. The molecule has 1 saturated carbocycles. The molecule has 0 aromatic heterocycles. The Hall–Kier alpha value is 1.49. The standard InChI is InChI=1S/C14H7Cl9O2/c15-9-8(5-6-3-1-2-4-7(6)10(9,16)17)11(18,24)12(19,20)13(21,22)14(9,23)25/h1-5,24-25H. The fourth-order valence-electron chi connectivity index (χ4n) is 3.03. The minimum absolute atomic E-state index is 0.282.